The SMILES string of the molecule is CC(C)CC(=O)C(C)C.CC(C)CC(=O)NC(C)C.CC(C)CC(=[N-])C[C-]1CCN(C(C)C)CC1.CC(C)CC(C)(C)C(=O)C(C)C.CC(C)CCC(=O)C(C)C.CC(C)CC[CH-]CN([C-]=O)C(C)C.CC(C)N1CCC([C-]=O)(N([C-]=O)C(C)C)CC1.CC(C)NC(C)(C)CC(=O)C(C)C.CN=C(CC(C)C)C(C)C.[Y].[Y].[Y]. The first-order chi connectivity index (χ1) is 50.2. The Hall–Kier alpha value is -0.708. The Balaban J connectivity index is -0.000000133. The van der Waals surface area contributed by atoms with Crippen LogP contribution in [0.1, 0.15) is 373 Å². The Morgan fingerprint density at radius 3 is 1.21 bits per heavy atom. The fourth-order valence-electron chi connectivity index (χ4n) is 12.4. The molecule has 0 bridgehead atoms. The van der Waals surface area contributed by atoms with Crippen molar-refractivity contribution in [1.82, 2.24) is 30.2 Å². The van der Waals surface area contributed by atoms with E-state index in [1.807, 2.05) is 131 Å². The number of Topliss-reactive ketones (excluding diaryl/α,β-unsaturated/α-hetero) is 4. The van der Waals surface area contributed by atoms with Crippen LogP contribution in [0.15, 0.2) is 4.99 Å². The zero-order valence-electron chi connectivity index (χ0n) is 81.8. The normalized spacial score (nSPS) is 13.9. The largest absolute Gasteiger partial charge is 0.813 e. The minimum atomic E-state index is -0.763. The molecule has 2 rings (SSSR count). The summed E-state index contributed by atoms with van der Waals surface area (Å²) in [4.78, 5) is 101. The molecule has 0 aromatic heterocycles. The Morgan fingerprint density at radius 2 is 0.929 bits per heavy atom. The second-order valence-corrected chi connectivity index (χ2v) is 38.7. The summed E-state index contributed by atoms with van der Waals surface area (Å²) in [7, 11) is 1.89. The van der Waals surface area contributed by atoms with E-state index in [4.69, 9.17) is 0 Å². The zero-order chi connectivity index (χ0) is 87.9. The molecule has 2 N–H and O–H groups in total. The van der Waals surface area contributed by atoms with Crippen LogP contribution in [0.3, 0.4) is 0 Å². The molecule has 3 radical (unpaired) electrons. The number of nitrogens with zero attached hydrogens (tertiary/aromatic N) is 6. The number of unbranched alkanes of at least 4 members (excludes halogenated alkanes) is 1. The van der Waals surface area contributed by atoms with Gasteiger partial charge in [0.2, 0.25) is 5.91 Å². The topological polar surface area (TPSA) is 208 Å². The van der Waals surface area contributed by atoms with Gasteiger partial charge in [-0.3, -0.25) is 29.0 Å². The molecule has 0 aromatic carbocycles. The number of carbonyl (C=O) groups is 5. The summed E-state index contributed by atoms with van der Waals surface area (Å²) in [5, 5.41) is 16.0. The summed E-state index contributed by atoms with van der Waals surface area (Å²) >= 11 is 0. The molecule has 113 heavy (non-hydrogen) atoms. The molecule has 663 valence electrons. The molecule has 2 aliphatic heterocycles. The van der Waals surface area contributed by atoms with Crippen molar-refractivity contribution in [2.75, 3.05) is 39.8 Å². The van der Waals surface area contributed by atoms with Crippen molar-refractivity contribution in [1.29, 1.82) is 0 Å². The van der Waals surface area contributed by atoms with Crippen molar-refractivity contribution in [3.8, 4) is 0 Å². The van der Waals surface area contributed by atoms with Crippen LogP contribution in [0.2, 0.25) is 0 Å². The summed E-state index contributed by atoms with van der Waals surface area (Å²) in [5.41, 5.74) is 1.05. The predicted molar refractivity (Wildman–Crippen MR) is 478 cm³/mol. The number of carbonyl (C=O) groups excluding carboxylic acids is 8. The molecule has 0 spiro atoms. The zero-order valence-corrected chi connectivity index (χ0v) is 90.3. The fourth-order valence-corrected chi connectivity index (χ4v) is 12.4. The van der Waals surface area contributed by atoms with Gasteiger partial charge in [0.1, 0.15) is 23.1 Å². The van der Waals surface area contributed by atoms with Crippen molar-refractivity contribution in [3.05, 3.63) is 17.7 Å². The second kappa shape index (κ2) is 75.1. The van der Waals surface area contributed by atoms with E-state index >= 15 is 0 Å². The number of rotatable bonds is 39. The Kier molecular flexibility index (Phi) is 88.3. The van der Waals surface area contributed by atoms with E-state index in [1.165, 1.54) is 48.9 Å². The summed E-state index contributed by atoms with van der Waals surface area (Å²) in [5.74, 6) is 8.82. The quantitative estimate of drug-likeness (QED) is 0.0256. The number of amides is 3. The molecular weight excluding hydrogens is 1640 g/mol. The molecule has 0 unspecified atom stereocenters. The van der Waals surface area contributed by atoms with Gasteiger partial charge in [-0.2, -0.15) is 38.5 Å². The minimum absolute atomic E-state index is 0. The standard InChI is InChI=1S/C14H26N2.C13H22N2O2.C11H23NO.C11H21NO.C11H22O.C9H19N.C9H18O.C8H17NO.C8H16O.3Y/c1-11(2)9-14(15)10-13-5-7-16(8-6-13)12(3)4;1-11(2)14-7-5-13(9-16,6-8-14)15(10-17)12(3)4;1-8(2)10(13)7-11(5,6)12-9(3)4;1-10(2)7-5-6-8-12(9-13)11(3)4;1-8(2)7-11(5,6)10(12)9(3)4;1-7(2)6-9(10-5)8(3)4;1-7(2)5-6-9(10)8(3)4;1-6(2)5-8(10)9-7(3)4;1-6(2)5-8(9)7(3)4;;;/h11-12H,5-10H2,1-4H3;11-12H,5-8H2,1-4H3;8-9,12H,7H2,1-6H3;6,10-11H,5,7-8H2,1-4H3;8-9H,7H2,1-6H3;7-8H,6H2,1-5H3;7-8H,5-6H2,1-4H3;6-7H,5H2,1-4H3,(H,9,10);6-7H,5H2,1-4H3;;;/q2*-2;;-2;;;;;;;;. The van der Waals surface area contributed by atoms with Crippen molar-refractivity contribution < 1.29 is 136 Å². The number of ketones is 4. The van der Waals surface area contributed by atoms with Crippen LogP contribution in [0.4, 0.5) is 0 Å². The third-order valence-electron chi connectivity index (χ3n) is 18.5. The summed E-state index contributed by atoms with van der Waals surface area (Å²) < 4.78 is 0. The van der Waals surface area contributed by atoms with E-state index in [0.717, 1.165) is 82.8 Å². The minimum Gasteiger partial charge on any atom is -0.813 e. The monoisotopic (exact) mass is 1820 g/mol. The van der Waals surface area contributed by atoms with E-state index in [-0.39, 0.29) is 157 Å². The van der Waals surface area contributed by atoms with Gasteiger partial charge in [-0.1, -0.05) is 212 Å². The molecular formula is C94H184N8O8Y3-6. The van der Waals surface area contributed by atoms with Crippen LogP contribution < -0.4 is 10.6 Å². The molecule has 0 aliphatic carbocycles. The molecule has 19 heteroatoms. The number of piperidine rings is 2. The molecule has 16 nitrogen and oxygen atoms in total. The first-order valence-corrected chi connectivity index (χ1v) is 43.2. The van der Waals surface area contributed by atoms with Gasteiger partial charge in [0.05, 0.1) is 0 Å². The van der Waals surface area contributed by atoms with Crippen LogP contribution in [0.5, 0.6) is 0 Å². The van der Waals surface area contributed by atoms with Gasteiger partial charge in [-0.25, -0.2) is 12.0 Å². The van der Waals surface area contributed by atoms with Crippen LogP contribution in [0, 0.1) is 88.8 Å². The summed E-state index contributed by atoms with van der Waals surface area (Å²) in [6.45, 7) is 87.8. The van der Waals surface area contributed by atoms with Crippen LogP contribution in [0.25, 0.3) is 5.41 Å². The summed E-state index contributed by atoms with van der Waals surface area (Å²) in [6.07, 6.45) is 21.7. The van der Waals surface area contributed by atoms with E-state index in [1.54, 1.807) is 4.90 Å². The van der Waals surface area contributed by atoms with Crippen LogP contribution >= 0.6 is 0 Å². The Labute approximate surface area is 778 Å². The van der Waals surface area contributed by atoms with Crippen molar-refractivity contribution in [3.63, 3.8) is 0 Å². The number of likely N-dealkylation sites (tertiary alicyclic amines) is 2. The smallest absolute Gasteiger partial charge is 0.220 e. The molecule has 0 aromatic rings. The third kappa shape index (κ3) is 79.5. The molecule has 2 aliphatic rings. The Bertz CT molecular complexity index is 2390. The first kappa shape index (κ1) is 133. The maximum Gasteiger partial charge on any atom is 0.220 e. The number of aliphatic imine (C=N–C) groups is 1. The molecule has 2 heterocycles. The Morgan fingerprint density at radius 1 is 0.504 bits per heavy atom. The van der Waals surface area contributed by atoms with E-state index < -0.39 is 5.54 Å². The average Bonchev–Trinajstić information content (AvgIpc) is 0.796. The van der Waals surface area contributed by atoms with Crippen LogP contribution in [-0.4, -0.2) is 166 Å². The number of hydrogen-bond donors (Lipinski definition) is 2. The van der Waals surface area contributed by atoms with Crippen LogP contribution in [-0.2, 0) is 136 Å². The van der Waals surface area contributed by atoms with Gasteiger partial charge in [0.25, 0.3) is 0 Å². The molecule has 0 atom stereocenters. The molecule has 3 amide bonds. The van der Waals surface area contributed by atoms with Gasteiger partial charge in [0.15, 0.2) is 0 Å². The number of hydrogen-bond acceptors (Lipinski definition) is 12. The van der Waals surface area contributed by atoms with E-state index in [2.05, 4.69) is 204 Å². The van der Waals surface area contributed by atoms with E-state index in [9.17, 15) is 43.8 Å². The maximum absolute atomic E-state index is 11.7. The molecule has 2 fully saturated rings. The first-order valence-electron chi connectivity index (χ1n) is 43.2. The fraction of sp³-hybridized carbons (Fsp3) is 0.872. The van der Waals surface area contributed by atoms with Gasteiger partial charge in [-0.05, 0) is 201 Å². The molecule has 0 saturated carbocycles. The van der Waals surface area contributed by atoms with Gasteiger partial charge >= 0.3 is 0 Å². The van der Waals surface area contributed by atoms with Gasteiger partial charge in [-0.15, -0.1) is 6.54 Å². The predicted octanol–water partition coefficient (Wildman–Crippen LogP) is 21.9. The van der Waals surface area contributed by atoms with Crippen molar-refractivity contribution in [2.24, 2.45) is 81.4 Å². The molecule has 2 saturated heterocycles. The van der Waals surface area contributed by atoms with Gasteiger partial charge in [0, 0.05) is 195 Å². The van der Waals surface area contributed by atoms with Crippen molar-refractivity contribution in [2.45, 2.75) is 421 Å². The average molecular weight is 1820 g/mol. The van der Waals surface area contributed by atoms with Crippen molar-refractivity contribution >= 4 is 59.6 Å². The maximum atomic E-state index is 11.7. The summed E-state index contributed by atoms with van der Waals surface area (Å²) in [6, 6.07) is 2.08. The third-order valence-corrected chi connectivity index (χ3v) is 18.5. The van der Waals surface area contributed by atoms with Gasteiger partial charge < -0.3 is 62.4 Å². The van der Waals surface area contributed by atoms with E-state index in [0.29, 0.717) is 108 Å². The second-order valence-electron chi connectivity index (χ2n) is 38.7. The number of nitrogens with one attached hydrogen (secondary N) is 2.